The lowest BCUT2D eigenvalue weighted by Crippen LogP contribution is -2.47. The molecule has 1 aromatic heterocycles. The van der Waals surface area contributed by atoms with E-state index in [9.17, 15) is 13.2 Å². The van der Waals surface area contributed by atoms with Crippen LogP contribution in [0.4, 0.5) is 0 Å². The van der Waals surface area contributed by atoms with Crippen molar-refractivity contribution in [1.82, 2.24) is 23.7 Å². The van der Waals surface area contributed by atoms with Gasteiger partial charge in [-0.05, 0) is 38.2 Å². The van der Waals surface area contributed by atoms with Gasteiger partial charge in [0.2, 0.25) is 5.91 Å². The highest BCUT2D eigenvalue weighted by Crippen LogP contribution is 2.20. The quantitative estimate of drug-likeness (QED) is 0.763. The molecular formula is C15H27N5O3S. The van der Waals surface area contributed by atoms with Gasteiger partial charge in [0.05, 0.1) is 6.20 Å². The van der Waals surface area contributed by atoms with Crippen molar-refractivity contribution in [3.8, 4) is 0 Å². The zero-order valence-corrected chi connectivity index (χ0v) is 15.4. The van der Waals surface area contributed by atoms with Crippen LogP contribution in [0.2, 0.25) is 0 Å². The summed E-state index contributed by atoms with van der Waals surface area (Å²) in [6, 6.07) is 0.0766. The van der Waals surface area contributed by atoms with Crippen LogP contribution in [0.1, 0.15) is 31.2 Å². The van der Waals surface area contributed by atoms with Crippen LogP contribution in [0.5, 0.6) is 0 Å². The van der Waals surface area contributed by atoms with Gasteiger partial charge in [-0.2, -0.15) is 17.8 Å². The molecule has 1 aliphatic heterocycles. The summed E-state index contributed by atoms with van der Waals surface area (Å²) >= 11 is 0. The number of nitrogens with one attached hydrogen (secondary N) is 1. The minimum atomic E-state index is -3.42. The molecule has 24 heavy (non-hydrogen) atoms. The zero-order chi connectivity index (χ0) is 17.7. The van der Waals surface area contributed by atoms with Crippen molar-refractivity contribution < 1.29 is 13.2 Å². The smallest absolute Gasteiger partial charge is 0.278 e. The maximum Gasteiger partial charge on any atom is 0.278 e. The molecule has 1 atom stereocenters. The molecule has 2 heterocycles. The van der Waals surface area contributed by atoms with Crippen molar-refractivity contribution in [3.63, 3.8) is 0 Å². The highest BCUT2D eigenvalue weighted by Gasteiger charge is 2.27. The van der Waals surface area contributed by atoms with E-state index < -0.39 is 10.2 Å². The molecule has 1 aliphatic rings. The van der Waals surface area contributed by atoms with Crippen LogP contribution in [0.15, 0.2) is 12.4 Å². The molecule has 1 aromatic rings. The summed E-state index contributed by atoms with van der Waals surface area (Å²) in [5.41, 5.74) is 1.02. The Balaban J connectivity index is 1.91. The van der Waals surface area contributed by atoms with E-state index in [0.29, 0.717) is 13.0 Å². The van der Waals surface area contributed by atoms with Crippen molar-refractivity contribution in [1.29, 1.82) is 0 Å². The van der Waals surface area contributed by atoms with Crippen LogP contribution < -0.4 is 4.72 Å². The lowest BCUT2D eigenvalue weighted by Gasteiger charge is -2.36. The van der Waals surface area contributed by atoms with E-state index in [1.54, 1.807) is 10.9 Å². The molecule has 8 nitrogen and oxygen atoms in total. The molecule has 0 aliphatic carbocycles. The Labute approximate surface area is 144 Å². The minimum Gasteiger partial charge on any atom is -0.338 e. The fourth-order valence-electron chi connectivity index (χ4n) is 2.90. The number of piperidine rings is 1. The lowest BCUT2D eigenvalue weighted by atomic mass is 9.99. The molecule has 1 unspecified atom stereocenters. The van der Waals surface area contributed by atoms with Gasteiger partial charge in [0.15, 0.2) is 0 Å². The molecule has 0 radical (unpaired) electrons. The molecule has 0 aromatic carbocycles. The lowest BCUT2D eigenvalue weighted by molar-refractivity contribution is -0.135. The number of carbonyl (C=O) groups is 1. The van der Waals surface area contributed by atoms with Gasteiger partial charge in [0.1, 0.15) is 6.54 Å². The average molecular weight is 357 g/mol. The van der Waals surface area contributed by atoms with Crippen LogP contribution >= 0.6 is 0 Å². The number of aryl methyl sites for hydroxylation is 1. The van der Waals surface area contributed by atoms with Gasteiger partial charge >= 0.3 is 0 Å². The normalized spacial score (nSPS) is 19.0. The second-order valence-corrected chi connectivity index (χ2v) is 8.39. The van der Waals surface area contributed by atoms with Crippen molar-refractivity contribution in [3.05, 3.63) is 18.0 Å². The van der Waals surface area contributed by atoms with E-state index in [1.165, 1.54) is 14.1 Å². The van der Waals surface area contributed by atoms with Gasteiger partial charge in [-0.1, -0.05) is 0 Å². The maximum absolute atomic E-state index is 12.6. The van der Waals surface area contributed by atoms with Crippen molar-refractivity contribution >= 4 is 16.1 Å². The highest BCUT2D eigenvalue weighted by atomic mass is 32.2. The monoisotopic (exact) mass is 357 g/mol. The van der Waals surface area contributed by atoms with Gasteiger partial charge in [-0.3, -0.25) is 9.48 Å². The number of aromatic nitrogens is 2. The van der Waals surface area contributed by atoms with Crippen LogP contribution in [0.25, 0.3) is 0 Å². The molecule has 9 heteroatoms. The molecule has 1 fully saturated rings. The van der Waals surface area contributed by atoms with Gasteiger partial charge in [0, 0.05) is 39.4 Å². The first kappa shape index (κ1) is 18.9. The van der Waals surface area contributed by atoms with E-state index in [-0.39, 0.29) is 18.5 Å². The number of rotatable bonds is 7. The molecule has 2 rings (SSSR count). The van der Waals surface area contributed by atoms with E-state index in [2.05, 4.69) is 9.82 Å². The van der Waals surface area contributed by atoms with Crippen molar-refractivity contribution in [2.24, 2.45) is 0 Å². The Hall–Kier alpha value is -1.45. The number of likely N-dealkylation sites (tertiary alicyclic amines) is 1. The topological polar surface area (TPSA) is 87.5 Å². The Bertz CT molecular complexity index is 656. The standard InChI is InChI=1S/C15H27N5O3S/c1-13-10-16-19(11-13)12-15(21)20-9-5-4-6-14(20)7-8-17-24(22,23)18(2)3/h10-11,14,17H,4-9,12H2,1-3H3. The predicted molar refractivity (Wildman–Crippen MR) is 91.5 cm³/mol. The fraction of sp³-hybridized carbons (Fsp3) is 0.733. The Morgan fingerprint density at radius 2 is 2.17 bits per heavy atom. The van der Waals surface area contributed by atoms with Crippen molar-refractivity contribution in [2.75, 3.05) is 27.2 Å². The predicted octanol–water partition coefficient (Wildman–Crippen LogP) is 0.359. The van der Waals surface area contributed by atoms with E-state index >= 15 is 0 Å². The highest BCUT2D eigenvalue weighted by molar-refractivity contribution is 7.87. The molecule has 1 N–H and O–H groups in total. The molecule has 0 spiro atoms. The molecule has 0 saturated carbocycles. The molecular weight excluding hydrogens is 330 g/mol. The third kappa shape index (κ3) is 5.02. The summed E-state index contributed by atoms with van der Waals surface area (Å²) in [5.74, 6) is 0.0401. The summed E-state index contributed by atoms with van der Waals surface area (Å²) in [6.45, 7) is 3.22. The summed E-state index contributed by atoms with van der Waals surface area (Å²) in [5, 5.41) is 4.16. The van der Waals surface area contributed by atoms with Crippen LogP contribution in [-0.2, 0) is 21.5 Å². The Morgan fingerprint density at radius 1 is 1.42 bits per heavy atom. The SMILES string of the molecule is Cc1cnn(CC(=O)N2CCCCC2CCNS(=O)(=O)N(C)C)c1. The summed E-state index contributed by atoms with van der Waals surface area (Å²) in [4.78, 5) is 14.5. The molecule has 0 bridgehead atoms. The van der Waals surface area contributed by atoms with Gasteiger partial charge in [0.25, 0.3) is 10.2 Å². The van der Waals surface area contributed by atoms with Crippen LogP contribution in [0.3, 0.4) is 0 Å². The van der Waals surface area contributed by atoms with Crippen LogP contribution in [0, 0.1) is 6.92 Å². The first-order valence-electron chi connectivity index (χ1n) is 8.25. The van der Waals surface area contributed by atoms with Crippen LogP contribution in [-0.4, -0.2) is 66.5 Å². The number of hydrogen-bond acceptors (Lipinski definition) is 4. The second-order valence-electron chi connectivity index (χ2n) is 6.42. The van der Waals surface area contributed by atoms with Gasteiger partial charge < -0.3 is 4.90 Å². The largest absolute Gasteiger partial charge is 0.338 e. The minimum absolute atomic E-state index is 0.0401. The third-order valence-electron chi connectivity index (χ3n) is 4.25. The third-order valence-corrected chi connectivity index (χ3v) is 5.78. The van der Waals surface area contributed by atoms with E-state index in [1.807, 2.05) is 18.0 Å². The Morgan fingerprint density at radius 3 is 2.79 bits per heavy atom. The van der Waals surface area contributed by atoms with Crippen molar-refractivity contribution in [2.45, 2.75) is 45.2 Å². The van der Waals surface area contributed by atoms with E-state index in [0.717, 1.165) is 35.7 Å². The average Bonchev–Trinajstić information content (AvgIpc) is 2.92. The van der Waals surface area contributed by atoms with E-state index in [4.69, 9.17) is 0 Å². The van der Waals surface area contributed by atoms with Gasteiger partial charge in [-0.25, -0.2) is 4.72 Å². The molecule has 1 amide bonds. The zero-order valence-electron chi connectivity index (χ0n) is 14.6. The number of carbonyl (C=O) groups excluding carboxylic acids is 1. The number of hydrogen-bond donors (Lipinski definition) is 1. The first-order valence-corrected chi connectivity index (χ1v) is 9.69. The molecule has 136 valence electrons. The number of amides is 1. The maximum atomic E-state index is 12.6. The fourth-order valence-corrected chi connectivity index (χ4v) is 3.53. The Kier molecular flexibility index (Phi) is 6.36. The summed E-state index contributed by atoms with van der Waals surface area (Å²) < 4.78 is 28.9. The first-order chi connectivity index (χ1) is 11.3. The summed E-state index contributed by atoms with van der Waals surface area (Å²) in [7, 11) is -0.435. The van der Waals surface area contributed by atoms with Gasteiger partial charge in [-0.15, -0.1) is 0 Å². The second kappa shape index (κ2) is 8.09. The number of nitrogens with zero attached hydrogens (tertiary/aromatic N) is 4. The summed E-state index contributed by atoms with van der Waals surface area (Å²) in [6.07, 6.45) is 7.17. The molecule has 1 saturated heterocycles.